The Hall–Kier alpha value is -4.34. The molecule has 0 unspecified atom stereocenters. The molecule has 10 heteroatoms. The average Bonchev–Trinajstić information content (AvgIpc) is 3.19. The molecule has 0 amide bonds. The molecule has 0 fully saturated rings. The number of aromatic carboxylic acids is 1. The summed E-state index contributed by atoms with van der Waals surface area (Å²) in [6, 6.07) is 11.7. The van der Waals surface area contributed by atoms with Crippen molar-refractivity contribution in [1.82, 2.24) is 24.7 Å². The number of carboxylic acid groups (broad SMARTS) is 1. The van der Waals surface area contributed by atoms with Gasteiger partial charge in [0.15, 0.2) is 17.3 Å². The molecular formula is C19H15N7O3. The van der Waals surface area contributed by atoms with Gasteiger partial charge in [0.2, 0.25) is 5.88 Å². The van der Waals surface area contributed by atoms with E-state index in [4.69, 9.17) is 9.84 Å². The van der Waals surface area contributed by atoms with Crippen LogP contribution in [0.3, 0.4) is 0 Å². The van der Waals surface area contributed by atoms with Gasteiger partial charge in [-0.05, 0) is 23.8 Å². The second-order valence-electron chi connectivity index (χ2n) is 5.85. The fraction of sp³-hybridized carbons (Fsp3) is 0.0526. The van der Waals surface area contributed by atoms with Gasteiger partial charge in [-0.3, -0.25) is 5.43 Å². The second kappa shape index (κ2) is 7.72. The Balaban J connectivity index is 1.58. The zero-order valence-corrected chi connectivity index (χ0v) is 15.2. The van der Waals surface area contributed by atoms with E-state index in [1.165, 1.54) is 18.5 Å². The van der Waals surface area contributed by atoms with E-state index < -0.39 is 5.97 Å². The number of nitrogens with zero attached hydrogens (tertiary/aromatic N) is 6. The van der Waals surface area contributed by atoms with E-state index in [0.717, 1.165) is 5.56 Å². The van der Waals surface area contributed by atoms with Crippen molar-refractivity contribution in [3.63, 3.8) is 0 Å². The number of ether oxygens (including phenoxy) is 1. The lowest BCUT2D eigenvalue weighted by atomic mass is 10.1. The molecule has 0 radical (unpaired) electrons. The van der Waals surface area contributed by atoms with Gasteiger partial charge in [-0.2, -0.15) is 19.9 Å². The number of methoxy groups -OCH3 is 1. The molecule has 0 bridgehead atoms. The number of carbonyl (C=O) groups is 1. The summed E-state index contributed by atoms with van der Waals surface area (Å²) in [5.41, 5.74) is 4.38. The molecule has 144 valence electrons. The van der Waals surface area contributed by atoms with Crippen molar-refractivity contribution in [3.8, 4) is 11.7 Å². The summed E-state index contributed by atoms with van der Waals surface area (Å²) in [5, 5.41) is 18.1. The number of hydrazone groups is 1. The molecule has 10 nitrogen and oxygen atoms in total. The number of benzene rings is 1. The fourth-order valence-electron chi connectivity index (χ4n) is 2.62. The molecular weight excluding hydrogens is 374 g/mol. The summed E-state index contributed by atoms with van der Waals surface area (Å²) in [6.07, 6.45) is 4.59. The van der Waals surface area contributed by atoms with Crippen LogP contribution in [-0.2, 0) is 0 Å². The van der Waals surface area contributed by atoms with Crippen molar-refractivity contribution in [2.24, 2.45) is 5.10 Å². The van der Waals surface area contributed by atoms with Gasteiger partial charge in [0.05, 0.1) is 30.5 Å². The molecule has 3 aromatic heterocycles. The number of pyridine rings is 1. The van der Waals surface area contributed by atoms with E-state index in [9.17, 15) is 4.79 Å². The quantitative estimate of drug-likeness (QED) is 0.380. The summed E-state index contributed by atoms with van der Waals surface area (Å²) in [6.45, 7) is 0. The van der Waals surface area contributed by atoms with E-state index in [0.29, 0.717) is 28.5 Å². The molecule has 0 atom stereocenters. The summed E-state index contributed by atoms with van der Waals surface area (Å²) in [4.78, 5) is 23.7. The van der Waals surface area contributed by atoms with Crippen LogP contribution in [0.5, 0.6) is 5.88 Å². The third-order valence-electron chi connectivity index (χ3n) is 4.04. The van der Waals surface area contributed by atoms with Crippen LogP contribution in [0.1, 0.15) is 15.9 Å². The van der Waals surface area contributed by atoms with E-state index in [-0.39, 0.29) is 5.56 Å². The van der Waals surface area contributed by atoms with Gasteiger partial charge in [0.1, 0.15) is 6.33 Å². The molecule has 0 aliphatic carbocycles. The first-order valence-electron chi connectivity index (χ1n) is 8.48. The Kier molecular flexibility index (Phi) is 4.81. The van der Waals surface area contributed by atoms with E-state index in [1.54, 1.807) is 48.5 Å². The molecule has 0 aliphatic heterocycles. The Morgan fingerprint density at radius 2 is 2.03 bits per heavy atom. The molecule has 0 saturated carbocycles. The first-order chi connectivity index (χ1) is 14.2. The van der Waals surface area contributed by atoms with Gasteiger partial charge in [-0.1, -0.05) is 18.2 Å². The number of rotatable bonds is 6. The number of hydrogen-bond acceptors (Lipinski definition) is 8. The van der Waals surface area contributed by atoms with Crippen LogP contribution in [-0.4, -0.2) is 49.1 Å². The number of nitrogens with one attached hydrogen (secondary N) is 1. The Morgan fingerprint density at radius 1 is 1.21 bits per heavy atom. The minimum absolute atomic E-state index is 0.214. The highest BCUT2D eigenvalue weighted by molar-refractivity contribution is 5.90. The van der Waals surface area contributed by atoms with Crippen LogP contribution in [0.25, 0.3) is 16.9 Å². The van der Waals surface area contributed by atoms with Crippen LogP contribution in [0.2, 0.25) is 0 Å². The first kappa shape index (κ1) is 18.0. The van der Waals surface area contributed by atoms with Crippen LogP contribution >= 0.6 is 0 Å². The Labute approximate surface area is 164 Å². The number of carboxylic acids is 1. The van der Waals surface area contributed by atoms with Crippen molar-refractivity contribution in [3.05, 3.63) is 66.1 Å². The highest BCUT2D eigenvalue weighted by Crippen LogP contribution is 2.21. The van der Waals surface area contributed by atoms with Crippen molar-refractivity contribution in [1.29, 1.82) is 0 Å². The summed E-state index contributed by atoms with van der Waals surface area (Å²) < 4.78 is 6.74. The third kappa shape index (κ3) is 3.72. The van der Waals surface area contributed by atoms with Gasteiger partial charge in [-0.15, -0.1) is 0 Å². The lowest BCUT2D eigenvalue weighted by molar-refractivity contribution is 0.0697. The zero-order chi connectivity index (χ0) is 20.2. The predicted octanol–water partition coefficient (Wildman–Crippen LogP) is 2.36. The minimum atomic E-state index is -0.975. The maximum Gasteiger partial charge on any atom is 0.335 e. The lowest BCUT2D eigenvalue weighted by Crippen LogP contribution is -2.02. The molecule has 2 N–H and O–H groups in total. The largest absolute Gasteiger partial charge is 0.481 e. The van der Waals surface area contributed by atoms with Crippen molar-refractivity contribution in [2.75, 3.05) is 12.5 Å². The molecule has 3 heterocycles. The Bertz CT molecular complexity index is 1200. The highest BCUT2D eigenvalue weighted by atomic mass is 16.5. The standard InChI is InChI=1S/C19H15N7O3/c1-29-16-4-2-3-15(24-16)26-18-14(10-23-26)17(20-11-21-18)25-22-9-12-5-7-13(8-6-12)19(27)28/h2-11H,1H3,(H,27,28)(H,20,21,25)/b22-9-. The Morgan fingerprint density at radius 3 is 2.79 bits per heavy atom. The number of anilines is 1. The van der Waals surface area contributed by atoms with E-state index >= 15 is 0 Å². The van der Waals surface area contributed by atoms with Crippen molar-refractivity contribution < 1.29 is 14.6 Å². The number of fused-ring (bicyclic) bond motifs is 1. The summed E-state index contributed by atoms with van der Waals surface area (Å²) >= 11 is 0. The topological polar surface area (TPSA) is 127 Å². The van der Waals surface area contributed by atoms with Gasteiger partial charge < -0.3 is 9.84 Å². The summed E-state index contributed by atoms with van der Waals surface area (Å²) in [5.74, 6) is 0.531. The third-order valence-corrected chi connectivity index (χ3v) is 4.04. The molecule has 4 aromatic rings. The monoisotopic (exact) mass is 389 g/mol. The fourth-order valence-corrected chi connectivity index (χ4v) is 2.62. The van der Waals surface area contributed by atoms with Gasteiger partial charge >= 0.3 is 5.97 Å². The molecule has 29 heavy (non-hydrogen) atoms. The van der Waals surface area contributed by atoms with E-state index in [1.807, 2.05) is 6.07 Å². The van der Waals surface area contributed by atoms with Gasteiger partial charge in [0, 0.05) is 6.07 Å². The van der Waals surface area contributed by atoms with Crippen LogP contribution in [0.15, 0.2) is 60.1 Å². The smallest absolute Gasteiger partial charge is 0.335 e. The van der Waals surface area contributed by atoms with Gasteiger partial charge in [0.25, 0.3) is 0 Å². The zero-order valence-electron chi connectivity index (χ0n) is 15.2. The second-order valence-corrected chi connectivity index (χ2v) is 5.85. The molecule has 0 aliphatic rings. The molecule has 0 spiro atoms. The van der Waals surface area contributed by atoms with Crippen LogP contribution in [0.4, 0.5) is 5.82 Å². The average molecular weight is 389 g/mol. The lowest BCUT2D eigenvalue weighted by Gasteiger charge is -2.05. The van der Waals surface area contributed by atoms with E-state index in [2.05, 4.69) is 30.6 Å². The van der Waals surface area contributed by atoms with Crippen LogP contribution < -0.4 is 10.2 Å². The van der Waals surface area contributed by atoms with Crippen molar-refractivity contribution >= 4 is 29.0 Å². The number of aromatic nitrogens is 5. The molecule has 4 rings (SSSR count). The minimum Gasteiger partial charge on any atom is -0.481 e. The highest BCUT2D eigenvalue weighted by Gasteiger charge is 2.12. The maximum absolute atomic E-state index is 10.9. The number of hydrogen-bond donors (Lipinski definition) is 2. The molecule has 0 saturated heterocycles. The SMILES string of the molecule is COc1cccc(-n2ncc3c(N/N=C\c4ccc(C(=O)O)cc4)ncnc32)n1. The normalized spacial score (nSPS) is 11.1. The predicted molar refractivity (Wildman–Crippen MR) is 106 cm³/mol. The molecule has 1 aromatic carbocycles. The maximum atomic E-state index is 10.9. The first-order valence-corrected chi connectivity index (χ1v) is 8.48. The van der Waals surface area contributed by atoms with Crippen molar-refractivity contribution in [2.45, 2.75) is 0 Å². The van der Waals surface area contributed by atoms with Crippen LogP contribution in [0, 0.1) is 0 Å². The summed E-state index contributed by atoms with van der Waals surface area (Å²) in [7, 11) is 1.55. The van der Waals surface area contributed by atoms with Gasteiger partial charge in [-0.25, -0.2) is 14.8 Å².